The lowest BCUT2D eigenvalue weighted by molar-refractivity contribution is -0.136. The number of aryl methyl sites for hydroxylation is 2. The topological polar surface area (TPSA) is 91.4 Å². The fraction of sp³-hybridized carbons (Fsp3) is 0.300. The number of hydrogen-bond acceptors (Lipinski definition) is 4. The molecule has 27 heavy (non-hydrogen) atoms. The molecule has 0 radical (unpaired) electrons. The molecule has 2 aliphatic rings. The van der Waals surface area contributed by atoms with Crippen molar-refractivity contribution in [1.29, 1.82) is 0 Å². The van der Waals surface area contributed by atoms with E-state index in [1.165, 1.54) is 0 Å². The molecular weight excluding hydrogens is 344 g/mol. The Morgan fingerprint density at radius 1 is 1.11 bits per heavy atom. The Kier molecular flexibility index (Phi) is 4.58. The molecule has 0 saturated carbocycles. The minimum Gasteiger partial charge on any atom is -0.344 e. The number of aromatic nitrogens is 1. The molecule has 7 heteroatoms. The van der Waals surface area contributed by atoms with E-state index >= 15 is 0 Å². The number of anilines is 2. The van der Waals surface area contributed by atoms with Crippen molar-refractivity contribution < 1.29 is 14.4 Å². The molecule has 3 amide bonds. The highest BCUT2D eigenvalue weighted by molar-refractivity contribution is 6.39. The van der Waals surface area contributed by atoms with Crippen LogP contribution in [0.15, 0.2) is 36.7 Å². The van der Waals surface area contributed by atoms with Gasteiger partial charge in [0, 0.05) is 37.6 Å². The molecule has 0 spiro atoms. The molecule has 3 heterocycles. The Labute approximate surface area is 156 Å². The summed E-state index contributed by atoms with van der Waals surface area (Å²) < 4.78 is 0. The van der Waals surface area contributed by atoms with Crippen LogP contribution in [0.2, 0.25) is 0 Å². The first-order valence-electron chi connectivity index (χ1n) is 9.06. The number of hydrogen-bond donors (Lipinski definition) is 2. The first kappa shape index (κ1) is 17.2. The zero-order valence-electron chi connectivity index (χ0n) is 14.8. The van der Waals surface area contributed by atoms with Crippen molar-refractivity contribution >= 4 is 29.1 Å². The van der Waals surface area contributed by atoms with Gasteiger partial charge in [0.1, 0.15) is 0 Å². The van der Waals surface area contributed by atoms with Gasteiger partial charge in [0.05, 0.1) is 5.69 Å². The third-order valence-electron chi connectivity index (χ3n) is 4.91. The van der Waals surface area contributed by atoms with Crippen LogP contribution >= 0.6 is 0 Å². The van der Waals surface area contributed by atoms with Crippen LogP contribution in [0.3, 0.4) is 0 Å². The van der Waals surface area contributed by atoms with E-state index in [0.29, 0.717) is 18.5 Å². The van der Waals surface area contributed by atoms with E-state index in [2.05, 4.69) is 15.6 Å². The maximum absolute atomic E-state index is 12.2. The lowest BCUT2D eigenvalue weighted by Crippen LogP contribution is -2.39. The van der Waals surface area contributed by atoms with Crippen molar-refractivity contribution in [3.05, 3.63) is 53.3 Å². The largest absolute Gasteiger partial charge is 0.344 e. The molecule has 1 aromatic carbocycles. The molecule has 0 aliphatic carbocycles. The highest BCUT2D eigenvalue weighted by atomic mass is 16.2. The summed E-state index contributed by atoms with van der Waals surface area (Å²) in [6.45, 7) is 0.994. The number of rotatable bonds is 3. The van der Waals surface area contributed by atoms with Gasteiger partial charge in [-0.05, 0) is 54.2 Å². The molecule has 2 aromatic rings. The highest BCUT2D eigenvalue weighted by Gasteiger charge is 2.29. The lowest BCUT2D eigenvalue weighted by atomic mass is 9.91. The van der Waals surface area contributed by atoms with Crippen molar-refractivity contribution in [1.82, 2.24) is 10.3 Å². The van der Waals surface area contributed by atoms with E-state index in [1.807, 2.05) is 23.1 Å². The monoisotopic (exact) mass is 364 g/mol. The first-order valence-corrected chi connectivity index (χ1v) is 9.06. The van der Waals surface area contributed by atoms with Crippen molar-refractivity contribution in [3.8, 4) is 0 Å². The molecule has 2 N–H and O–H groups in total. The van der Waals surface area contributed by atoms with Gasteiger partial charge >= 0.3 is 11.8 Å². The number of amides is 3. The van der Waals surface area contributed by atoms with Crippen molar-refractivity contribution in [2.24, 2.45) is 0 Å². The zero-order valence-corrected chi connectivity index (χ0v) is 14.8. The second kappa shape index (κ2) is 7.19. The van der Waals surface area contributed by atoms with Crippen molar-refractivity contribution in [2.45, 2.75) is 32.2 Å². The zero-order chi connectivity index (χ0) is 18.8. The van der Waals surface area contributed by atoms with Crippen molar-refractivity contribution in [3.63, 3.8) is 0 Å². The number of benzene rings is 1. The second-order valence-corrected chi connectivity index (χ2v) is 6.79. The molecule has 1 aromatic heterocycles. The van der Waals surface area contributed by atoms with Crippen LogP contribution in [0, 0.1) is 0 Å². The summed E-state index contributed by atoms with van der Waals surface area (Å²) in [5.74, 6) is -1.23. The third-order valence-corrected chi connectivity index (χ3v) is 4.91. The molecule has 7 nitrogen and oxygen atoms in total. The fourth-order valence-electron chi connectivity index (χ4n) is 3.68. The van der Waals surface area contributed by atoms with E-state index in [-0.39, 0.29) is 12.5 Å². The average Bonchev–Trinajstić information content (AvgIpc) is 2.69. The van der Waals surface area contributed by atoms with E-state index in [1.54, 1.807) is 18.5 Å². The predicted octanol–water partition coefficient (Wildman–Crippen LogP) is 1.56. The molecule has 138 valence electrons. The molecule has 0 fully saturated rings. The highest BCUT2D eigenvalue weighted by Crippen LogP contribution is 2.37. The van der Waals surface area contributed by atoms with E-state index in [9.17, 15) is 14.4 Å². The Hall–Kier alpha value is -3.22. The maximum Gasteiger partial charge on any atom is 0.313 e. The number of carbonyl (C=O) groups excluding carboxylic acids is 3. The SMILES string of the molecule is O=C(NCc1cccnc1)C(=O)Nc1cc2c3c(c1)CCC(=O)N3CCC2. The van der Waals surface area contributed by atoms with Gasteiger partial charge in [0.25, 0.3) is 0 Å². The van der Waals surface area contributed by atoms with Gasteiger partial charge in [-0.3, -0.25) is 19.4 Å². The smallest absolute Gasteiger partial charge is 0.313 e. The van der Waals surface area contributed by atoms with Gasteiger partial charge in [-0.25, -0.2) is 0 Å². The Morgan fingerprint density at radius 2 is 1.93 bits per heavy atom. The van der Waals surface area contributed by atoms with Crippen LogP contribution in [-0.4, -0.2) is 29.3 Å². The second-order valence-electron chi connectivity index (χ2n) is 6.79. The van der Waals surface area contributed by atoms with Gasteiger partial charge in [-0.2, -0.15) is 0 Å². The first-order chi connectivity index (χ1) is 13.1. The Balaban J connectivity index is 1.46. The maximum atomic E-state index is 12.2. The van der Waals surface area contributed by atoms with Crippen LogP contribution in [0.1, 0.15) is 29.5 Å². The van der Waals surface area contributed by atoms with Crippen LogP contribution in [-0.2, 0) is 33.8 Å². The van der Waals surface area contributed by atoms with Gasteiger partial charge in [0.2, 0.25) is 5.91 Å². The summed E-state index contributed by atoms with van der Waals surface area (Å²) in [7, 11) is 0. The third kappa shape index (κ3) is 3.53. The number of nitrogens with zero attached hydrogens (tertiary/aromatic N) is 2. The van der Waals surface area contributed by atoms with Gasteiger partial charge in [0.15, 0.2) is 0 Å². The molecule has 0 atom stereocenters. The summed E-state index contributed by atoms with van der Waals surface area (Å²) in [6, 6.07) is 7.34. The minimum atomic E-state index is -0.703. The number of pyridine rings is 1. The summed E-state index contributed by atoms with van der Waals surface area (Å²) in [4.78, 5) is 42.2. The number of nitrogens with one attached hydrogen (secondary N) is 2. The van der Waals surface area contributed by atoms with Gasteiger partial charge in [-0.15, -0.1) is 0 Å². The van der Waals surface area contributed by atoms with Gasteiger partial charge in [-0.1, -0.05) is 6.07 Å². The quantitative estimate of drug-likeness (QED) is 0.809. The predicted molar refractivity (Wildman–Crippen MR) is 100 cm³/mol. The molecule has 0 saturated heterocycles. The van der Waals surface area contributed by atoms with Crippen LogP contribution in [0.5, 0.6) is 0 Å². The summed E-state index contributed by atoms with van der Waals surface area (Å²) in [6.07, 6.45) is 6.20. The average molecular weight is 364 g/mol. The van der Waals surface area contributed by atoms with Crippen LogP contribution < -0.4 is 15.5 Å². The normalized spacial score (nSPS) is 15.1. The van der Waals surface area contributed by atoms with E-state index < -0.39 is 11.8 Å². The molecule has 2 aliphatic heterocycles. The van der Waals surface area contributed by atoms with E-state index in [0.717, 1.165) is 41.8 Å². The molecule has 4 rings (SSSR count). The molecular formula is C20H20N4O3. The minimum absolute atomic E-state index is 0.162. The molecule has 0 unspecified atom stereocenters. The summed E-state index contributed by atoms with van der Waals surface area (Å²) >= 11 is 0. The van der Waals surface area contributed by atoms with Crippen molar-refractivity contribution in [2.75, 3.05) is 16.8 Å². The van der Waals surface area contributed by atoms with Crippen LogP contribution in [0.4, 0.5) is 11.4 Å². The van der Waals surface area contributed by atoms with E-state index in [4.69, 9.17) is 0 Å². The standard InChI is InChI=1S/C20H20N4O3/c25-17-6-5-15-10-16(9-14-4-2-8-24(17)18(14)15)23-20(27)19(26)22-12-13-3-1-7-21-11-13/h1,3,7,9-11H,2,4-6,8,12H2,(H,22,26)(H,23,27). The molecule has 0 bridgehead atoms. The summed E-state index contributed by atoms with van der Waals surface area (Å²) in [5.41, 5.74) is 4.52. The lowest BCUT2D eigenvalue weighted by Gasteiger charge is -2.35. The number of carbonyl (C=O) groups is 3. The fourth-order valence-corrected chi connectivity index (χ4v) is 3.68. The van der Waals surface area contributed by atoms with Crippen LogP contribution in [0.25, 0.3) is 0 Å². The Bertz CT molecular complexity index is 894. The Morgan fingerprint density at radius 3 is 2.70 bits per heavy atom. The summed E-state index contributed by atoms with van der Waals surface area (Å²) in [5, 5.41) is 5.27. The van der Waals surface area contributed by atoms with Gasteiger partial charge < -0.3 is 15.5 Å².